The number of rotatable bonds is 11. The Morgan fingerprint density at radius 2 is 2.09 bits per heavy atom. The van der Waals surface area contributed by atoms with Crippen LogP contribution in [0.3, 0.4) is 0 Å². The lowest BCUT2D eigenvalue weighted by molar-refractivity contribution is -0.116. The average molecular weight is 487 g/mol. The smallest absolute Gasteiger partial charge is 0.330 e. The number of nitrogens with zero attached hydrogens (tertiary/aromatic N) is 3. The Balaban J connectivity index is 1.80. The lowest BCUT2D eigenvalue weighted by Gasteiger charge is -2.26. The highest BCUT2D eigenvalue weighted by molar-refractivity contribution is 7.16. The monoisotopic (exact) mass is 486 g/mol. The van der Waals surface area contributed by atoms with Crippen molar-refractivity contribution in [3.63, 3.8) is 0 Å². The summed E-state index contributed by atoms with van der Waals surface area (Å²) in [5.41, 5.74) is 7.12. The Morgan fingerprint density at radius 3 is 2.76 bits per heavy atom. The van der Waals surface area contributed by atoms with Crippen molar-refractivity contribution in [2.75, 3.05) is 29.0 Å². The molecular weight excluding hydrogens is 452 g/mol. The predicted molar refractivity (Wildman–Crippen MR) is 137 cm³/mol. The maximum Gasteiger partial charge on any atom is 0.330 e. The second kappa shape index (κ2) is 11.4. The van der Waals surface area contributed by atoms with Crippen LogP contribution < -0.4 is 27.2 Å². The molecule has 0 saturated heterocycles. The van der Waals surface area contributed by atoms with Crippen LogP contribution in [0.25, 0.3) is 0 Å². The molecule has 0 atom stereocenters. The highest BCUT2D eigenvalue weighted by Crippen LogP contribution is 2.38. The molecule has 1 aliphatic rings. The summed E-state index contributed by atoms with van der Waals surface area (Å²) in [6, 6.07) is 2.24. The molecule has 2 heterocycles. The fourth-order valence-electron chi connectivity index (χ4n) is 4.21. The number of carbonyl (C=O) groups is 1. The number of thiophene rings is 1. The number of aryl methyl sites for hydroxylation is 1. The van der Waals surface area contributed by atoms with Crippen molar-refractivity contribution in [1.82, 2.24) is 9.55 Å². The molecule has 9 nitrogen and oxygen atoms in total. The first-order valence-corrected chi connectivity index (χ1v) is 12.8. The fraction of sp³-hybridized carbons (Fsp3) is 0.583. The van der Waals surface area contributed by atoms with Crippen LogP contribution >= 0.6 is 11.3 Å². The van der Waals surface area contributed by atoms with E-state index in [1.165, 1.54) is 20.8 Å². The van der Waals surface area contributed by atoms with E-state index in [2.05, 4.69) is 30.2 Å². The van der Waals surface area contributed by atoms with E-state index >= 15 is 0 Å². The summed E-state index contributed by atoms with van der Waals surface area (Å²) >= 11 is 1.48. The molecule has 34 heavy (non-hydrogen) atoms. The molecule has 0 aliphatic heterocycles. The third-order valence-corrected chi connectivity index (χ3v) is 7.34. The molecule has 2 aromatic heterocycles. The first-order chi connectivity index (χ1) is 16.3. The maximum atomic E-state index is 12.8. The molecule has 0 unspecified atom stereocenters. The summed E-state index contributed by atoms with van der Waals surface area (Å²) in [5.74, 6) is 0.294. The summed E-state index contributed by atoms with van der Waals surface area (Å²) in [6.45, 7) is 7.40. The van der Waals surface area contributed by atoms with E-state index in [1.807, 2.05) is 6.92 Å². The summed E-state index contributed by atoms with van der Waals surface area (Å²) < 4.78 is 1.40. The lowest BCUT2D eigenvalue weighted by atomic mass is 10.1. The number of amides is 1. The van der Waals surface area contributed by atoms with Crippen LogP contribution in [0.1, 0.15) is 68.9 Å². The zero-order valence-corrected chi connectivity index (χ0v) is 21.0. The van der Waals surface area contributed by atoms with E-state index < -0.39 is 11.2 Å². The summed E-state index contributed by atoms with van der Waals surface area (Å²) in [4.78, 5) is 43.2. The van der Waals surface area contributed by atoms with Crippen molar-refractivity contribution in [3.8, 4) is 6.07 Å². The molecule has 3 rings (SSSR count). The number of H-pyrrole nitrogens is 1. The van der Waals surface area contributed by atoms with Gasteiger partial charge in [-0.1, -0.05) is 27.2 Å². The van der Waals surface area contributed by atoms with Crippen LogP contribution in [0.15, 0.2) is 9.59 Å². The van der Waals surface area contributed by atoms with Gasteiger partial charge >= 0.3 is 5.69 Å². The van der Waals surface area contributed by atoms with Gasteiger partial charge in [0.2, 0.25) is 5.91 Å². The Morgan fingerprint density at radius 1 is 1.32 bits per heavy atom. The number of nitrogens with one attached hydrogen (secondary N) is 2. The van der Waals surface area contributed by atoms with Crippen LogP contribution in [0.2, 0.25) is 0 Å². The normalized spacial score (nSPS) is 12.6. The van der Waals surface area contributed by atoms with Gasteiger partial charge in [-0.2, -0.15) is 5.26 Å². The fourth-order valence-corrected chi connectivity index (χ4v) is 5.46. The van der Waals surface area contributed by atoms with E-state index in [9.17, 15) is 19.6 Å². The Hall–Kier alpha value is -3.06. The summed E-state index contributed by atoms with van der Waals surface area (Å²) in [6.07, 6.45) is 5.44. The largest absolute Gasteiger partial charge is 0.383 e. The van der Waals surface area contributed by atoms with Gasteiger partial charge in [0.15, 0.2) is 0 Å². The Labute approximate surface area is 203 Å². The van der Waals surface area contributed by atoms with Gasteiger partial charge in [0.05, 0.1) is 5.56 Å². The number of nitriles is 1. The van der Waals surface area contributed by atoms with Gasteiger partial charge in [0.25, 0.3) is 5.56 Å². The van der Waals surface area contributed by atoms with Gasteiger partial charge in [-0.3, -0.25) is 19.1 Å². The number of anilines is 3. The van der Waals surface area contributed by atoms with Gasteiger partial charge in [0.1, 0.15) is 22.6 Å². The quantitative estimate of drug-likeness (QED) is 0.446. The van der Waals surface area contributed by atoms with Crippen molar-refractivity contribution >= 4 is 33.8 Å². The Kier molecular flexibility index (Phi) is 8.56. The molecular formula is C24H34N6O3S. The molecule has 0 radical (unpaired) electrons. The average Bonchev–Trinajstić information content (AvgIpc) is 3.35. The lowest BCUT2D eigenvalue weighted by Crippen LogP contribution is -2.40. The van der Waals surface area contributed by atoms with Crippen molar-refractivity contribution < 1.29 is 4.79 Å². The van der Waals surface area contributed by atoms with Gasteiger partial charge in [-0.05, 0) is 43.6 Å². The third-order valence-electron chi connectivity index (χ3n) is 6.14. The molecule has 1 aliphatic carbocycles. The van der Waals surface area contributed by atoms with E-state index in [4.69, 9.17) is 5.73 Å². The van der Waals surface area contributed by atoms with Crippen molar-refractivity contribution in [2.24, 2.45) is 5.92 Å². The van der Waals surface area contributed by atoms with E-state index in [0.29, 0.717) is 29.6 Å². The number of fused-ring (bicyclic) bond motifs is 1. The molecule has 4 N–H and O–H groups in total. The number of nitrogen functional groups attached to an aromatic ring is 1. The minimum atomic E-state index is -0.541. The van der Waals surface area contributed by atoms with Gasteiger partial charge in [-0.25, -0.2) is 4.79 Å². The number of hydrogen-bond donors (Lipinski definition) is 3. The number of carbonyl (C=O) groups excluding carboxylic acids is 1. The SMILES string of the molecule is CCCCn1c(N)c(N(CCC(=O)Nc2sc3c(c2C#N)CCC3)CCC(C)C)c(=O)[nH]c1=O. The van der Waals surface area contributed by atoms with Crippen LogP contribution in [0.4, 0.5) is 16.5 Å². The van der Waals surface area contributed by atoms with E-state index in [1.54, 1.807) is 4.90 Å². The molecule has 0 aromatic carbocycles. The highest BCUT2D eigenvalue weighted by atomic mass is 32.1. The molecule has 184 valence electrons. The molecule has 0 saturated carbocycles. The van der Waals surface area contributed by atoms with Crippen molar-refractivity contribution in [3.05, 3.63) is 36.8 Å². The molecule has 0 bridgehead atoms. The zero-order valence-electron chi connectivity index (χ0n) is 20.2. The number of aromatic amines is 1. The van der Waals surface area contributed by atoms with E-state index in [-0.39, 0.29) is 30.4 Å². The molecule has 2 aromatic rings. The number of nitrogens with two attached hydrogens (primary N) is 1. The topological polar surface area (TPSA) is 137 Å². The van der Waals surface area contributed by atoms with E-state index in [0.717, 1.165) is 44.1 Å². The van der Waals surface area contributed by atoms with Gasteiger partial charge < -0.3 is 16.0 Å². The number of aromatic nitrogens is 2. The van der Waals surface area contributed by atoms with Gasteiger partial charge in [0, 0.05) is 30.9 Å². The van der Waals surface area contributed by atoms with Gasteiger partial charge in [-0.15, -0.1) is 11.3 Å². The van der Waals surface area contributed by atoms with Crippen LogP contribution in [0, 0.1) is 17.2 Å². The molecule has 1 amide bonds. The third kappa shape index (κ3) is 5.70. The van der Waals surface area contributed by atoms with Crippen molar-refractivity contribution in [2.45, 2.75) is 72.3 Å². The first kappa shape index (κ1) is 25.6. The predicted octanol–water partition coefficient (Wildman–Crippen LogP) is 3.22. The number of unbranched alkanes of at least 4 members (excludes halogenated alkanes) is 1. The first-order valence-electron chi connectivity index (χ1n) is 12.0. The minimum absolute atomic E-state index is 0.124. The minimum Gasteiger partial charge on any atom is -0.383 e. The summed E-state index contributed by atoms with van der Waals surface area (Å²) in [7, 11) is 0. The molecule has 0 spiro atoms. The second-order valence-electron chi connectivity index (χ2n) is 9.14. The van der Waals surface area contributed by atoms with Crippen LogP contribution in [-0.2, 0) is 24.2 Å². The zero-order chi connectivity index (χ0) is 24.8. The highest BCUT2D eigenvalue weighted by Gasteiger charge is 2.24. The Bertz CT molecular complexity index is 1190. The molecule has 0 fully saturated rings. The molecule has 10 heteroatoms. The summed E-state index contributed by atoms with van der Waals surface area (Å²) in [5, 5.41) is 13.1. The van der Waals surface area contributed by atoms with Crippen molar-refractivity contribution in [1.29, 1.82) is 5.26 Å². The standard InChI is InChI=1S/C24H34N6O3S/c1-4-5-11-30-21(26)20(22(32)28-24(30)33)29(12-9-15(2)3)13-10-19(31)27-23-17(14-25)16-7-6-8-18(16)34-23/h15H,4-13,26H2,1-3H3,(H,27,31)(H,28,32,33). The van der Waals surface area contributed by atoms with Crippen LogP contribution in [-0.4, -0.2) is 28.5 Å². The number of hydrogen-bond acceptors (Lipinski definition) is 7. The maximum absolute atomic E-state index is 12.8. The second-order valence-corrected chi connectivity index (χ2v) is 10.2. The van der Waals surface area contributed by atoms with Crippen LogP contribution in [0.5, 0.6) is 0 Å².